The third-order valence-corrected chi connectivity index (χ3v) is 29.5. The quantitative estimate of drug-likeness (QED) is 0.0862. The zero-order valence-corrected chi connectivity index (χ0v) is 37.9. The van der Waals surface area contributed by atoms with Crippen molar-refractivity contribution in [3.05, 3.63) is 255 Å². The molecule has 9 rings (SSSR count). The zero-order valence-electron chi connectivity index (χ0n) is 33.1. The van der Waals surface area contributed by atoms with Crippen molar-refractivity contribution in [2.45, 2.75) is 5.76 Å². The van der Waals surface area contributed by atoms with Gasteiger partial charge in [-0.25, -0.2) is 0 Å². The third-order valence-electron chi connectivity index (χ3n) is 11.1. The topological polar surface area (TPSA) is 0 Å². The summed E-state index contributed by atoms with van der Waals surface area (Å²) < 4.78 is 4.58. The predicted molar refractivity (Wildman–Crippen MR) is 266 cm³/mol. The summed E-state index contributed by atoms with van der Waals surface area (Å²) in [6, 6.07) is 96.2. The SMILES string of the molecule is [CH3][Ge]([c]1ccccc1P(c1ccccc1)c1ccccc1)([c]1ccccc1P(c1ccccc1)c1ccccc1)[c]1ccccc1P(c1ccccc1)c1ccccc1. The van der Waals surface area contributed by atoms with Gasteiger partial charge in [0.25, 0.3) is 0 Å². The van der Waals surface area contributed by atoms with Gasteiger partial charge in [0.05, 0.1) is 0 Å². The van der Waals surface area contributed by atoms with Gasteiger partial charge in [-0.1, -0.05) is 0 Å². The molecular formula is C55H45GeP3. The maximum atomic E-state index is 2.72. The minimum atomic E-state index is -3.78. The van der Waals surface area contributed by atoms with E-state index in [1.165, 1.54) is 60.9 Å². The summed E-state index contributed by atoms with van der Waals surface area (Å²) in [4.78, 5) is 0. The molecule has 0 fully saturated rings. The molecule has 0 radical (unpaired) electrons. The van der Waals surface area contributed by atoms with E-state index in [1.54, 1.807) is 0 Å². The van der Waals surface area contributed by atoms with Crippen molar-refractivity contribution in [2.24, 2.45) is 0 Å². The van der Waals surface area contributed by atoms with Crippen molar-refractivity contribution >= 4 is 98.0 Å². The van der Waals surface area contributed by atoms with Crippen LogP contribution in [-0.2, 0) is 0 Å². The van der Waals surface area contributed by atoms with Gasteiger partial charge in [0.2, 0.25) is 0 Å². The Balaban J connectivity index is 1.39. The summed E-state index contributed by atoms with van der Waals surface area (Å²) >= 11 is -3.78. The first-order valence-corrected chi connectivity index (χ1v) is 29.5. The molecule has 0 atom stereocenters. The molecule has 9 aromatic carbocycles. The molecule has 59 heavy (non-hydrogen) atoms. The number of hydrogen-bond acceptors (Lipinski definition) is 0. The molecule has 0 unspecified atom stereocenters. The van der Waals surface area contributed by atoms with Gasteiger partial charge in [-0.05, 0) is 0 Å². The second-order valence-electron chi connectivity index (χ2n) is 14.7. The molecule has 9 aromatic rings. The van der Waals surface area contributed by atoms with Crippen LogP contribution < -0.4 is 60.9 Å². The van der Waals surface area contributed by atoms with E-state index in [2.05, 4.69) is 261 Å². The Morgan fingerprint density at radius 1 is 0.220 bits per heavy atom. The van der Waals surface area contributed by atoms with E-state index in [0.29, 0.717) is 0 Å². The monoisotopic (exact) mass is 872 g/mol. The van der Waals surface area contributed by atoms with Crippen LogP contribution in [0.25, 0.3) is 0 Å². The Morgan fingerprint density at radius 3 is 0.593 bits per heavy atom. The average molecular weight is 871 g/mol. The first kappa shape index (κ1) is 39.3. The van der Waals surface area contributed by atoms with Crippen LogP contribution in [0.2, 0.25) is 5.76 Å². The van der Waals surface area contributed by atoms with Crippen molar-refractivity contribution in [3.63, 3.8) is 0 Å². The first-order chi connectivity index (χ1) is 29.2. The summed E-state index contributed by atoms with van der Waals surface area (Å²) in [6.07, 6.45) is 0. The van der Waals surface area contributed by atoms with E-state index in [1.807, 2.05) is 0 Å². The van der Waals surface area contributed by atoms with E-state index in [4.69, 9.17) is 0 Å². The second-order valence-corrected chi connectivity index (χ2v) is 29.4. The molecular weight excluding hydrogens is 826 g/mol. The van der Waals surface area contributed by atoms with Gasteiger partial charge in [0, 0.05) is 0 Å². The molecule has 0 amide bonds. The fourth-order valence-electron chi connectivity index (χ4n) is 8.45. The van der Waals surface area contributed by atoms with Crippen LogP contribution in [0.15, 0.2) is 255 Å². The molecule has 0 nitrogen and oxygen atoms in total. The van der Waals surface area contributed by atoms with Crippen LogP contribution in [0, 0.1) is 0 Å². The summed E-state index contributed by atoms with van der Waals surface area (Å²) in [6.45, 7) is 0. The van der Waals surface area contributed by atoms with Crippen molar-refractivity contribution < 1.29 is 0 Å². The van der Waals surface area contributed by atoms with Gasteiger partial charge in [-0.3, -0.25) is 0 Å². The van der Waals surface area contributed by atoms with E-state index in [-0.39, 0.29) is 0 Å². The van der Waals surface area contributed by atoms with Gasteiger partial charge < -0.3 is 0 Å². The van der Waals surface area contributed by atoms with Gasteiger partial charge in [0.15, 0.2) is 0 Å². The van der Waals surface area contributed by atoms with Crippen LogP contribution in [0.1, 0.15) is 0 Å². The van der Waals surface area contributed by atoms with Crippen LogP contribution in [-0.4, -0.2) is 13.3 Å². The minimum absolute atomic E-state index is 0.880. The second kappa shape index (κ2) is 18.4. The van der Waals surface area contributed by atoms with Gasteiger partial charge in [-0.2, -0.15) is 0 Å². The predicted octanol–water partition coefficient (Wildman–Crippen LogP) is 8.06. The number of rotatable bonds is 12. The molecule has 0 aliphatic rings. The molecule has 284 valence electrons. The van der Waals surface area contributed by atoms with E-state index in [9.17, 15) is 0 Å². The van der Waals surface area contributed by atoms with Crippen molar-refractivity contribution in [1.29, 1.82) is 0 Å². The van der Waals surface area contributed by atoms with Crippen molar-refractivity contribution in [3.8, 4) is 0 Å². The molecule has 0 saturated carbocycles. The molecule has 0 saturated heterocycles. The number of benzene rings is 9. The maximum absolute atomic E-state index is 3.78. The molecule has 4 heteroatoms. The fraction of sp³-hybridized carbons (Fsp3) is 0.0182. The summed E-state index contributed by atoms with van der Waals surface area (Å²) in [7, 11) is -2.64. The average Bonchev–Trinajstić information content (AvgIpc) is 3.32. The molecule has 0 spiro atoms. The summed E-state index contributed by atoms with van der Waals surface area (Å²) in [5.41, 5.74) is 0. The Hall–Kier alpha value is -5.19. The van der Waals surface area contributed by atoms with Crippen molar-refractivity contribution in [1.82, 2.24) is 0 Å². The number of hydrogen-bond donors (Lipinski definition) is 0. The van der Waals surface area contributed by atoms with Gasteiger partial charge in [0.1, 0.15) is 0 Å². The van der Waals surface area contributed by atoms with Crippen molar-refractivity contribution in [2.75, 3.05) is 0 Å². The molecule has 0 aromatic heterocycles. The molecule has 0 aliphatic heterocycles. The molecule has 0 N–H and O–H groups in total. The normalized spacial score (nSPS) is 11.6. The molecule has 0 aliphatic carbocycles. The summed E-state index contributed by atoms with van der Waals surface area (Å²) in [5.74, 6) is 2.72. The Morgan fingerprint density at radius 2 is 0.390 bits per heavy atom. The Kier molecular flexibility index (Phi) is 12.2. The van der Waals surface area contributed by atoms with Crippen LogP contribution in [0.3, 0.4) is 0 Å². The fourth-order valence-corrected chi connectivity index (χ4v) is 29.4. The van der Waals surface area contributed by atoms with Crippen LogP contribution >= 0.6 is 23.8 Å². The Bertz CT molecular complexity index is 2310. The van der Waals surface area contributed by atoms with E-state index in [0.717, 1.165) is 0 Å². The summed E-state index contributed by atoms with van der Waals surface area (Å²) in [5, 5.41) is 12.6. The van der Waals surface area contributed by atoms with Crippen LogP contribution in [0.5, 0.6) is 0 Å². The molecule has 0 heterocycles. The third kappa shape index (κ3) is 8.09. The Labute approximate surface area is 356 Å². The first-order valence-electron chi connectivity index (χ1n) is 20.2. The van der Waals surface area contributed by atoms with E-state index < -0.39 is 37.0 Å². The van der Waals surface area contributed by atoms with Gasteiger partial charge >= 0.3 is 359 Å². The zero-order chi connectivity index (χ0) is 39.9. The van der Waals surface area contributed by atoms with Crippen LogP contribution in [0.4, 0.5) is 0 Å². The standard InChI is InChI=1S/C55H45GeP3/c1-56(50-38-20-23-41-53(50)57(44-26-8-2-9-27-44)45-28-10-3-11-29-45,51-39-21-24-42-54(51)58(46-30-12-4-13-31-46)47-32-14-5-15-33-47)52-40-22-25-43-55(52)59(48-34-16-6-17-35-48)49-36-18-7-19-37-49/h2-43H,1H3. The van der Waals surface area contributed by atoms with E-state index >= 15 is 0 Å². The van der Waals surface area contributed by atoms with Gasteiger partial charge in [-0.15, -0.1) is 0 Å². The molecule has 0 bridgehead atoms.